The molecule has 1 aromatic heterocycles. The zero-order valence-electron chi connectivity index (χ0n) is 11.2. The van der Waals surface area contributed by atoms with Crippen molar-refractivity contribution >= 4 is 11.8 Å². The van der Waals surface area contributed by atoms with Crippen LogP contribution in [0.3, 0.4) is 0 Å². The molecule has 2 atom stereocenters. The minimum atomic E-state index is 0.130. The first-order chi connectivity index (χ1) is 9.24. The van der Waals surface area contributed by atoms with E-state index >= 15 is 0 Å². The molecule has 1 aromatic carbocycles. The van der Waals surface area contributed by atoms with Crippen molar-refractivity contribution in [3.05, 3.63) is 53.2 Å². The summed E-state index contributed by atoms with van der Waals surface area (Å²) in [6, 6.07) is 9.17. The van der Waals surface area contributed by atoms with Gasteiger partial charge < -0.3 is 4.42 Å². The molecule has 0 saturated carbocycles. The fourth-order valence-electron chi connectivity index (χ4n) is 2.47. The maximum absolute atomic E-state index is 5.59. The summed E-state index contributed by atoms with van der Waals surface area (Å²) >= 11 is 1.97. The van der Waals surface area contributed by atoms with Crippen LogP contribution in [0.2, 0.25) is 0 Å². The Balaban J connectivity index is 1.77. The van der Waals surface area contributed by atoms with Crippen LogP contribution in [0.25, 0.3) is 0 Å². The number of nitrogens with zero attached hydrogens (tertiary/aromatic N) is 1. The van der Waals surface area contributed by atoms with Crippen molar-refractivity contribution in [3.63, 3.8) is 0 Å². The number of rotatable bonds is 3. The van der Waals surface area contributed by atoms with Crippen molar-refractivity contribution in [2.45, 2.75) is 31.7 Å². The average molecular weight is 274 g/mol. The molecule has 19 heavy (non-hydrogen) atoms. The normalized spacial score (nSPS) is 20.0. The smallest absolute Gasteiger partial charge is 0.211 e. The van der Waals surface area contributed by atoms with Crippen molar-refractivity contribution in [2.75, 3.05) is 5.75 Å². The van der Waals surface area contributed by atoms with Gasteiger partial charge in [-0.1, -0.05) is 24.3 Å². The van der Waals surface area contributed by atoms with Crippen LogP contribution in [-0.4, -0.2) is 10.7 Å². The van der Waals surface area contributed by atoms with Gasteiger partial charge in [-0.25, -0.2) is 4.98 Å². The molecule has 3 nitrogen and oxygen atoms in total. The summed E-state index contributed by atoms with van der Waals surface area (Å²) < 4.78 is 5.59. The number of hydrogen-bond donors (Lipinski definition) is 1. The van der Waals surface area contributed by atoms with Crippen molar-refractivity contribution < 1.29 is 4.42 Å². The molecule has 0 spiro atoms. The molecule has 0 fully saturated rings. The summed E-state index contributed by atoms with van der Waals surface area (Å²) in [5, 5.41) is 3.63. The zero-order valence-corrected chi connectivity index (χ0v) is 12.0. The van der Waals surface area contributed by atoms with Gasteiger partial charge in [-0.2, -0.15) is 11.8 Å². The van der Waals surface area contributed by atoms with Gasteiger partial charge in [0.1, 0.15) is 5.76 Å². The minimum Gasteiger partial charge on any atom is -0.444 e. The standard InChI is InChI=1S/C15H18N2OS/c1-10-7-16-15(18-10)11(2)17-14-9-19-8-12-5-3-4-6-13(12)14/h3-7,11,14,17H,8-9H2,1-2H3. The zero-order chi connectivity index (χ0) is 13.2. The lowest BCUT2D eigenvalue weighted by Gasteiger charge is -2.28. The molecule has 3 rings (SSSR count). The molecule has 100 valence electrons. The highest BCUT2D eigenvalue weighted by Gasteiger charge is 2.23. The Kier molecular flexibility index (Phi) is 3.62. The number of fused-ring (bicyclic) bond motifs is 1. The molecule has 0 saturated heterocycles. The first-order valence-corrected chi connectivity index (χ1v) is 7.73. The van der Waals surface area contributed by atoms with E-state index in [0.717, 1.165) is 23.2 Å². The first-order valence-electron chi connectivity index (χ1n) is 6.58. The monoisotopic (exact) mass is 274 g/mol. The van der Waals surface area contributed by atoms with Gasteiger partial charge in [0, 0.05) is 17.5 Å². The van der Waals surface area contributed by atoms with E-state index in [9.17, 15) is 0 Å². The third-order valence-electron chi connectivity index (χ3n) is 3.43. The van der Waals surface area contributed by atoms with Crippen molar-refractivity contribution in [2.24, 2.45) is 0 Å². The van der Waals surface area contributed by atoms with Crippen LogP contribution in [0.15, 0.2) is 34.9 Å². The third kappa shape index (κ3) is 2.69. The maximum Gasteiger partial charge on any atom is 0.211 e. The van der Waals surface area contributed by atoms with E-state index in [0.29, 0.717) is 6.04 Å². The van der Waals surface area contributed by atoms with Crippen LogP contribution in [0, 0.1) is 6.92 Å². The lowest BCUT2D eigenvalue weighted by Crippen LogP contribution is -2.29. The lowest BCUT2D eigenvalue weighted by atomic mass is 10.0. The summed E-state index contributed by atoms with van der Waals surface area (Å²) in [5.74, 6) is 3.84. The van der Waals surface area contributed by atoms with Gasteiger partial charge in [-0.05, 0) is 25.0 Å². The largest absolute Gasteiger partial charge is 0.444 e. The summed E-state index contributed by atoms with van der Waals surface area (Å²) in [6.45, 7) is 4.03. The van der Waals surface area contributed by atoms with Gasteiger partial charge >= 0.3 is 0 Å². The van der Waals surface area contributed by atoms with Crippen LogP contribution >= 0.6 is 11.8 Å². The fraction of sp³-hybridized carbons (Fsp3) is 0.400. The highest BCUT2D eigenvalue weighted by molar-refractivity contribution is 7.98. The molecular weight excluding hydrogens is 256 g/mol. The number of thioether (sulfide) groups is 1. The van der Waals surface area contributed by atoms with Gasteiger partial charge in [0.15, 0.2) is 0 Å². The van der Waals surface area contributed by atoms with Gasteiger partial charge in [0.05, 0.1) is 12.2 Å². The summed E-state index contributed by atoms with van der Waals surface area (Å²) in [7, 11) is 0. The highest BCUT2D eigenvalue weighted by atomic mass is 32.2. The van der Waals surface area contributed by atoms with E-state index in [1.54, 1.807) is 6.20 Å². The van der Waals surface area contributed by atoms with Crippen molar-refractivity contribution in [3.8, 4) is 0 Å². The predicted molar refractivity (Wildman–Crippen MR) is 78.1 cm³/mol. The summed E-state index contributed by atoms with van der Waals surface area (Å²) in [4.78, 5) is 4.30. The van der Waals surface area contributed by atoms with E-state index in [1.165, 1.54) is 11.1 Å². The van der Waals surface area contributed by atoms with Crippen LogP contribution in [0.1, 0.15) is 41.8 Å². The Labute approximate surface area is 117 Å². The van der Waals surface area contributed by atoms with Crippen molar-refractivity contribution in [1.82, 2.24) is 10.3 Å². The Bertz CT molecular complexity index is 567. The molecule has 2 heterocycles. The molecule has 2 aromatic rings. The molecule has 2 unspecified atom stereocenters. The number of benzene rings is 1. The van der Waals surface area contributed by atoms with Gasteiger partial charge in [-0.3, -0.25) is 5.32 Å². The van der Waals surface area contributed by atoms with Crippen LogP contribution in [0.4, 0.5) is 0 Å². The number of oxazole rings is 1. The van der Waals surface area contributed by atoms with Gasteiger partial charge in [0.25, 0.3) is 0 Å². The molecular formula is C15H18N2OS. The number of aryl methyl sites for hydroxylation is 1. The summed E-state index contributed by atoms with van der Waals surface area (Å²) in [5.41, 5.74) is 2.85. The molecule has 0 radical (unpaired) electrons. The molecule has 1 aliphatic heterocycles. The molecule has 1 aliphatic rings. The number of nitrogens with one attached hydrogen (secondary N) is 1. The predicted octanol–water partition coefficient (Wildman–Crippen LogP) is 3.62. The topological polar surface area (TPSA) is 38.1 Å². The van der Waals surface area contributed by atoms with Crippen LogP contribution < -0.4 is 5.32 Å². The Hall–Kier alpha value is -1.26. The highest BCUT2D eigenvalue weighted by Crippen LogP contribution is 2.32. The SMILES string of the molecule is Cc1cnc(C(C)NC2CSCc3ccccc32)o1. The Morgan fingerprint density at radius 1 is 1.42 bits per heavy atom. The number of aromatic nitrogens is 1. The molecule has 1 N–H and O–H groups in total. The minimum absolute atomic E-state index is 0.130. The second kappa shape index (κ2) is 5.39. The Morgan fingerprint density at radius 3 is 3.05 bits per heavy atom. The summed E-state index contributed by atoms with van der Waals surface area (Å²) in [6.07, 6.45) is 1.77. The van der Waals surface area contributed by atoms with E-state index in [1.807, 2.05) is 18.7 Å². The van der Waals surface area contributed by atoms with E-state index in [2.05, 4.69) is 41.5 Å². The third-order valence-corrected chi connectivity index (χ3v) is 4.52. The lowest BCUT2D eigenvalue weighted by molar-refractivity contribution is 0.381. The average Bonchev–Trinajstić information content (AvgIpc) is 2.86. The van der Waals surface area contributed by atoms with E-state index in [-0.39, 0.29) is 6.04 Å². The van der Waals surface area contributed by atoms with Gasteiger partial charge in [-0.15, -0.1) is 0 Å². The second-order valence-corrected chi connectivity index (χ2v) is 5.99. The second-order valence-electron chi connectivity index (χ2n) is 4.96. The quantitative estimate of drug-likeness (QED) is 0.927. The molecule has 0 amide bonds. The maximum atomic E-state index is 5.59. The van der Waals surface area contributed by atoms with E-state index in [4.69, 9.17) is 4.42 Å². The first kappa shape index (κ1) is 12.8. The van der Waals surface area contributed by atoms with Crippen molar-refractivity contribution in [1.29, 1.82) is 0 Å². The fourth-order valence-corrected chi connectivity index (χ4v) is 3.58. The Morgan fingerprint density at radius 2 is 2.26 bits per heavy atom. The molecule has 0 aliphatic carbocycles. The van der Waals surface area contributed by atoms with Gasteiger partial charge in [0.2, 0.25) is 5.89 Å². The molecule has 0 bridgehead atoms. The van der Waals surface area contributed by atoms with Crippen LogP contribution in [0.5, 0.6) is 0 Å². The van der Waals surface area contributed by atoms with Crippen LogP contribution in [-0.2, 0) is 5.75 Å². The number of hydrogen-bond acceptors (Lipinski definition) is 4. The van der Waals surface area contributed by atoms with E-state index < -0.39 is 0 Å². The molecule has 4 heteroatoms.